The van der Waals surface area contributed by atoms with Gasteiger partial charge in [0.15, 0.2) is 0 Å². The van der Waals surface area contributed by atoms with Gasteiger partial charge in [-0.15, -0.1) is 6.58 Å². The van der Waals surface area contributed by atoms with Crippen molar-refractivity contribution in [1.29, 1.82) is 0 Å². The molecule has 0 heterocycles. The van der Waals surface area contributed by atoms with Crippen molar-refractivity contribution in [3.63, 3.8) is 0 Å². The number of carbonyl (C=O) groups is 1. The van der Waals surface area contributed by atoms with E-state index >= 15 is 0 Å². The summed E-state index contributed by atoms with van der Waals surface area (Å²) in [6.07, 6.45) is 10.1. The van der Waals surface area contributed by atoms with Crippen molar-refractivity contribution in [3.05, 3.63) is 47.5 Å². The maximum atomic E-state index is 11.7. The van der Waals surface area contributed by atoms with Crippen LogP contribution < -0.4 is 0 Å². The lowest BCUT2D eigenvalue weighted by Crippen LogP contribution is -2.06. The molecule has 0 aliphatic carbocycles. The molecule has 0 unspecified atom stereocenters. The van der Waals surface area contributed by atoms with Gasteiger partial charge in [-0.25, -0.2) is 4.79 Å². The van der Waals surface area contributed by atoms with Crippen molar-refractivity contribution in [1.82, 2.24) is 0 Å². The van der Waals surface area contributed by atoms with Crippen LogP contribution in [0.1, 0.15) is 55.3 Å². The summed E-state index contributed by atoms with van der Waals surface area (Å²) in [5.74, 6) is -0.271. The van der Waals surface area contributed by atoms with Gasteiger partial charge in [-0.3, -0.25) is 0 Å². The summed E-state index contributed by atoms with van der Waals surface area (Å²) >= 11 is 5.77. The highest BCUT2D eigenvalue weighted by Gasteiger charge is 2.05. The lowest BCUT2D eigenvalue weighted by molar-refractivity contribution is 0.0497. The molecule has 20 heavy (non-hydrogen) atoms. The number of allylic oxidation sites excluding steroid dienone is 1. The second kappa shape index (κ2) is 10.5. The van der Waals surface area contributed by atoms with E-state index in [4.69, 9.17) is 16.3 Å². The minimum absolute atomic E-state index is 0.271. The predicted octanol–water partition coefficient (Wildman–Crippen LogP) is 5.41. The fourth-order valence-electron chi connectivity index (χ4n) is 1.93. The van der Waals surface area contributed by atoms with Gasteiger partial charge in [0.25, 0.3) is 0 Å². The second-order valence-corrected chi connectivity index (χ2v) is 5.28. The molecule has 1 aromatic carbocycles. The number of unbranched alkanes of at least 4 members (excludes halogenated alkanes) is 6. The number of halogens is 1. The molecule has 0 aromatic heterocycles. The number of ether oxygens (including phenoxy) is 1. The molecule has 0 spiro atoms. The first kappa shape index (κ1) is 16.8. The molecule has 1 aromatic rings. The lowest BCUT2D eigenvalue weighted by atomic mass is 10.1. The topological polar surface area (TPSA) is 26.3 Å². The summed E-state index contributed by atoms with van der Waals surface area (Å²) in [5.41, 5.74) is 0.554. The van der Waals surface area contributed by atoms with Crippen molar-refractivity contribution in [2.45, 2.75) is 44.9 Å². The Hall–Kier alpha value is -1.28. The molecule has 1 rings (SSSR count). The van der Waals surface area contributed by atoms with Gasteiger partial charge in [0.2, 0.25) is 0 Å². The van der Waals surface area contributed by atoms with Crippen LogP contribution >= 0.6 is 11.6 Å². The Bertz CT molecular complexity index is 398. The van der Waals surface area contributed by atoms with Crippen LogP contribution in [-0.2, 0) is 4.74 Å². The van der Waals surface area contributed by atoms with Crippen LogP contribution in [0.4, 0.5) is 0 Å². The summed E-state index contributed by atoms with van der Waals surface area (Å²) in [7, 11) is 0. The normalized spacial score (nSPS) is 10.2. The zero-order valence-electron chi connectivity index (χ0n) is 11.9. The Labute approximate surface area is 126 Å². The molecule has 0 atom stereocenters. The number of carbonyl (C=O) groups excluding carboxylic acids is 1. The van der Waals surface area contributed by atoms with E-state index in [1.54, 1.807) is 24.3 Å². The smallest absolute Gasteiger partial charge is 0.338 e. The summed E-state index contributed by atoms with van der Waals surface area (Å²) in [5, 5.41) is 0.623. The van der Waals surface area contributed by atoms with Crippen molar-refractivity contribution < 1.29 is 9.53 Å². The first-order valence-corrected chi connectivity index (χ1v) is 7.65. The molecule has 110 valence electrons. The van der Waals surface area contributed by atoms with Crippen LogP contribution in [-0.4, -0.2) is 12.6 Å². The highest BCUT2D eigenvalue weighted by atomic mass is 35.5. The summed E-state index contributed by atoms with van der Waals surface area (Å²) < 4.78 is 5.22. The number of rotatable bonds is 10. The highest BCUT2D eigenvalue weighted by molar-refractivity contribution is 6.30. The molecule has 0 saturated heterocycles. The molecule has 0 fully saturated rings. The van der Waals surface area contributed by atoms with Crippen LogP contribution in [0.25, 0.3) is 0 Å². The summed E-state index contributed by atoms with van der Waals surface area (Å²) in [6.45, 7) is 4.20. The molecular weight excluding hydrogens is 272 g/mol. The van der Waals surface area contributed by atoms with Gasteiger partial charge in [-0.1, -0.05) is 43.4 Å². The average molecular weight is 295 g/mol. The van der Waals surface area contributed by atoms with Crippen molar-refractivity contribution in [3.8, 4) is 0 Å². The van der Waals surface area contributed by atoms with Gasteiger partial charge in [-0.2, -0.15) is 0 Å². The number of hydrogen-bond acceptors (Lipinski definition) is 2. The number of hydrogen-bond donors (Lipinski definition) is 0. The van der Waals surface area contributed by atoms with Crippen molar-refractivity contribution in [2.24, 2.45) is 0 Å². The van der Waals surface area contributed by atoms with Crippen molar-refractivity contribution >= 4 is 17.6 Å². The first-order valence-electron chi connectivity index (χ1n) is 7.27. The Morgan fingerprint density at radius 2 is 1.65 bits per heavy atom. The fourth-order valence-corrected chi connectivity index (χ4v) is 2.06. The molecule has 2 nitrogen and oxygen atoms in total. The van der Waals surface area contributed by atoms with Gasteiger partial charge in [0.05, 0.1) is 12.2 Å². The molecule has 0 amide bonds. The minimum Gasteiger partial charge on any atom is -0.462 e. The molecule has 0 aliphatic rings. The third kappa shape index (κ3) is 7.34. The summed E-state index contributed by atoms with van der Waals surface area (Å²) in [4.78, 5) is 11.7. The van der Waals surface area contributed by atoms with E-state index in [1.807, 2.05) is 6.08 Å². The molecule has 0 N–H and O–H groups in total. The highest BCUT2D eigenvalue weighted by Crippen LogP contribution is 2.11. The Morgan fingerprint density at radius 1 is 1.05 bits per heavy atom. The SMILES string of the molecule is C=CCCCCCCCCOC(=O)c1ccc(Cl)cc1. The largest absolute Gasteiger partial charge is 0.462 e. The van der Waals surface area contributed by atoms with E-state index in [0.717, 1.165) is 19.3 Å². The Balaban J connectivity index is 2.02. The van der Waals surface area contributed by atoms with Crippen LogP contribution in [0.15, 0.2) is 36.9 Å². The number of benzene rings is 1. The lowest BCUT2D eigenvalue weighted by Gasteiger charge is -2.05. The summed E-state index contributed by atoms with van der Waals surface area (Å²) in [6, 6.07) is 6.76. The van der Waals surface area contributed by atoms with E-state index in [2.05, 4.69) is 6.58 Å². The van der Waals surface area contributed by atoms with Crippen LogP contribution in [0.3, 0.4) is 0 Å². The maximum absolute atomic E-state index is 11.7. The van der Waals surface area contributed by atoms with Gasteiger partial charge >= 0.3 is 5.97 Å². The molecule has 0 aliphatic heterocycles. The zero-order chi connectivity index (χ0) is 14.6. The van der Waals surface area contributed by atoms with Crippen molar-refractivity contribution in [2.75, 3.05) is 6.61 Å². The average Bonchev–Trinajstić information content (AvgIpc) is 2.46. The van der Waals surface area contributed by atoms with Gasteiger partial charge in [-0.05, 0) is 43.5 Å². The monoisotopic (exact) mass is 294 g/mol. The predicted molar refractivity (Wildman–Crippen MR) is 84.3 cm³/mol. The third-order valence-corrected chi connectivity index (χ3v) is 3.37. The molecule has 3 heteroatoms. The molecule has 0 radical (unpaired) electrons. The zero-order valence-corrected chi connectivity index (χ0v) is 12.7. The van der Waals surface area contributed by atoms with E-state index < -0.39 is 0 Å². The van der Waals surface area contributed by atoms with Crippen LogP contribution in [0.5, 0.6) is 0 Å². The molecule has 0 bridgehead atoms. The van der Waals surface area contributed by atoms with E-state index in [9.17, 15) is 4.79 Å². The molecular formula is C17H23ClO2. The second-order valence-electron chi connectivity index (χ2n) is 4.84. The number of esters is 1. The minimum atomic E-state index is -0.271. The van der Waals surface area contributed by atoms with Gasteiger partial charge in [0.1, 0.15) is 0 Å². The Morgan fingerprint density at radius 3 is 2.30 bits per heavy atom. The van der Waals surface area contributed by atoms with E-state index in [-0.39, 0.29) is 5.97 Å². The van der Waals surface area contributed by atoms with Gasteiger partial charge < -0.3 is 4.74 Å². The van der Waals surface area contributed by atoms with E-state index in [0.29, 0.717) is 17.2 Å². The third-order valence-electron chi connectivity index (χ3n) is 3.12. The Kier molecular flexibility index (Phi) is 8.81. The fraction of sp³-hybridized carbons (Fsp3) is 0.471. The molecule has 0 saturated carbocycles. The van der Waals surface area contributed by atoms with Crippen LogP contribution in [0.2, 0.25) is 5.02 Å². The quantitative estimate of drug-likeness (QED) is 0.327. The maximum Gasteiger partial charge on any atom is 0.338 e. The van der Waals surface area contributed by atoms with Crippen LogP contribution in [0, 0.1) is 0 Å². The first-order chi connectivity index (χ1) is 9.74. The van der Waals surface area contributed by atoms with E-state index in [1.165, 1.54) is 25.7 Å². The van der Waals surface area contributed by atoms with Gasteiger partial charge in [0, 0.05) is 5.02 Å². The standard InChI is InChI=1S/C17H23ClO2/c1-2-3-4-5-6-7-8-9-14-20-17(19)15-10-12-16(18)13-11-15/h2,10-13H,1,3-9,14H2.